The Labute approximate surface area is 169 Å². The molecule has 0 aromatic heterocycles. The number of anilines is 1. The molecule has 0 saturated carbocycles. The summed E-state index contributed by atoms with van der Waals surface area (Å²) in [7, 11) is -3.63. The van der Waals surface area contributed by atoms with Gasteiger partial charge in [-0.25, -0.2) is 8.42 Å². The molecule has 0 radical (unpaired) electrons. The molecular formula is C20H23N3O3S2. The van der Waals surface area contributed by atoms with Crippen molar-refractivity contribution in [3.63, 3.8) is 0 Å². The Morgan fingerprint density at radius 2 is 1.89 bits per heavy atom. The van der Waals surface area contributed by atoms with E-state index in [1.165, 1.54) is 11.6 Å². The Morgan fingerprint density at radius 1 is 1.18 bits per heavy atom. The highest BCUT2D eigenvalue weighted by Crippen LogP contribution is 2.23. The lowest BCUT2D eigenvalue weighted by Crippen LogP contribution is -2.31. The number of fused-ring (bicyclic) bond motifs is 1. The van der Waals surface area contributed by atoms with Gasteiger partial charge in [0.05, 0.1) is 4.90 Å². The Bertz CT molecular complexity index is 986. The molecule has 0 aliphatic carbocycles. The molecule has 0 unspecified atom stereocenters. The van der Waals surface area contributed by atoms with Gasteiger partial charge in [-0.1, -0.05) is 31.2 Å². The van der Waals surface area contributed by atoms with Crippen LogP contribution in [-0.4, -0.2) is 38.2 Å². The fraction of sp³-hybridized carbons (Fsp3) is 0.300. The average Bonchev–Trinajstić information content (AvgIpc) is 2.96. The fourth-order valence-corrected chi connectivity index (χ4v) is 4.62. The number of thioether (sulfide) groups is 1. The zero-order chi connectivity index (χ0) is 20.1. The van der Waals surface area contributed by atoms with Crippen molar-refractivity contribution in [2.45, 2.75) is 30.7 Å². The number of aryl methyl sites for hydroxylation is 1. The minimum absolute atomic E-state index is 0.188. The number of amides is 1. The fourth-order valence-electron chi connectivity index (χ4n) is 2.92. The molecule has 0 saturated heterocycles. The van der Waals surface area contributed by atoms with Crippen LogP contribution in [0.2, 0.25) is 0 Å². The van der Waals surface area contributed by atoms with E-state index in [0.29, 0.717) is 17.7 Å². The van der Waals surface area contributed by atoms with Crippen LogP contribution < -0.4 is 10.0 Å². The molecule has 0 fully saturated rings. The van der Waals surface area contributed by atoms with E-state index in [9.17, 15) is 13.2 Å². The van der Waals surface area contributed by atoms with Gasteiger partial charge in [0.2, 0.25) is 5.91 Å². The first-order chi connectivity index (χ1) is 13.4. The number of carbonyl (C=O) groups excluding carboxylic acids is 1. The maximum absolute atomic E-state index is 12.8. The van der Waals surface area contributed by atoms with Crippen molar-refractivity contribution in [1.82, 2.24) is 4.72 Å². The van der Waals surface area contributed by atoms with Crippen molar-refractivity contribution in [1.29, 1.82) is 0 Å². The predicted molar refractivity (Wildman–Crippen MR) is 115 cm³/mol. The summed E-state index contributed by atoms with van der Waals surface area (Å²) in [6.07, 6.45) is 3.39. The van der Waals surface area contributed by atoms with Gasteiger partial charge in [-0.15, -0.1) is 0 Å². The number of sulfonamides is 1. The van der Waals surface area contributed by atoms with E-state index < -0.39 is 16.1 Å². The summed E-state index contributed by atoms with van der Waals surface area (Å²) < 4.78 is 27.0. The molecule has 1 amide bonds. The monoisotopic (exact) mass is 417 g/mol. The van der Waals surface area contributed by atoms with Crippen LogP contribution >= 0.6 is 11.8 Å². The highest BCUT2D eigenvalue weighted by molar-refractivity contribution is 7.98. The predicted octanol–water partition coefficient (Wildman–Crippen LogP) is 3.05. The molecule has 8 heteroatoms. The molecule has 6 nitrogen and oxygen atoms in total. The van der Waals surface area contributed by atoms with Gasteiger partial charge in [0, 0.05) is 11.3 Å². The second-order valence-corrected chi connectivity index (χ2v) is 9.05. The molecule has 28 heavy (non-hydrogen) atoms. The smallest absolute Gasteiger partial charge is 0.263 e. The highest BCUT2D eigenvalue weighted by atomic mass is 32.2. The minimum atomic E-state index is -3.63. The van der Waals surface area contributed by atoms with Gasteiger partial charge >= 0.3 is 0 Å². The summed E-state index contributed by atoms with van der Waals surface area (Å²) in [5.41, 5.74) is 2.38. The molecule has 2 aromatic rings. The van der Waals surface area contributed by atoms with Gasteiger partial charge in [0.15, 0.2) is 0 Å². The largest absolute Gasteiger partial charge is 0.324 e. The number of hydrogen-bond donors (Lipinski definition) is 2. The maximum Gasteiger partial charge on any atom is 0.263 e. The van der Waals surface area contributed by atoms with E-state index >= 15 is 0 Å². The lowest BCUT2D eigenvalue weighted by Gasteiger charge is -2.14. The topological polar surface area (TPSA) is 87.6 Å². The van der Waals surface area contributed by atoms with Crippen LogP contribution in [0.25, 0.3) is 0 Å². The summed E-state index contributed by atoms with van der Waals surface area (Å²) in [5, 5.41) is 2.89. The van der Waals surface area contributed by atoms with Crippen molar-refractivity contribution in [2.75, 3.05) is 17.3 Å². The molecule has 0 bridgehead atoms. The van der Waals surface area contributed by atoms with E-state index in [0.717, 1.165) is 12.2 Å². The molecular weight excluding hydrogens is 394 g/mol. The summed E-state index contributed by atoms with van der Waals surface area (Å²) in [6, 6.07) is 13.6. The summed E-state index contributed by atoms with van der Waals surface area (Å²) >= 11 is 1.61. The van der Waals surface area contributed by atoms with E-state index in [1.54, 1.807) is 30.0 Å². The molecule has 1 atom stereocenters. The third-order valence-corrected chi connectivity index (χ3v) is 6.52. The van der Waals surface area contributed by atoms with Gasteiger partial charge in [-0.2, -0.15) is 11.8 Å². The number of amidine groups is 1. The molecule has 2 N–H and O–H groups in total. The summed E-state index contributed by atoms with van der Waals surface area (Å²) in [5.74, 6) is 0.699. The van der Waals surface area contributed by atoms with Crippen molar-refractivity contribution >= 4 is 39.2 Å². The van der Waals surface area contributed by atoms with Crippen LogP contribution in [0.1, 0.15) is 24.5 Å². The molecule has 1 aliphatic heterocycles. The summed E-state index contributed by atoms with van der Waals surface area (Å²) in [6.45, 7) is 2.07. The van der Waals surface area contributed by atoms with Gasteiger partial charge in [-0.05, 0) is 54.7 Å². The van der Waals surface area contributed by atoms with Crippen LogP contribution in [-0.2, 0) is 21.2 Å². The summed E-state index contributed by atoms with van der Waals surface area (Å²) in [4.78, 5) is 17.5. The number of nitrogens with zero attached hydrogens (tertiary/aromatic N) is 1. The van der Waals surface area contributed by atoms with Crippen LogP contribution in [0.5, 0.6) is 0 Å². The van der Waals surface area contributed by atoms with Crippen LogP contribution in [0.4, 0.5) is 5.69 Å². The van der Waals surface area contributed by atoms with E-state index in [4.69, 9.17) is 0 Å². The number of hydrogen-bond acceptors (Lipinski definition) is 5. The zero-order valence-corrected chi connectivity index (χ0v) is 17.4. The third-order valence-electron chi connectivity index (χ3n) is 4.48. The third kappa shape index (κ3) is 4.56. The maximum atomic E-state index is 12.8. The van der Waals surface area contributed by atoms with Gasteiger partial charge in [-0.3, -0.25) is 14.5 Å². The van der Waals surface area contributed by atoms with Crippen molar-refractivity contribution in [3.05, 3.63) is 59.7 Å². The Morgan fingerprint density at radius 3 is 2.57 bits per heavy atom. The first kappa shape index (κ1) is 20.4. The number of nitrogens with one attached hydrogen (secondary N) is 2. The highest BCUT2D eigenvalue weighted by Gasteiger charge is 2.31. The number of aliphatic imine (C=N–C) groups is 1. The molecule has 1 heterocycles. The number of benzene rings is 2. The number of carbonyl (C=O) groups is 1. The van der Waals surface area contributed by atoms with Crippen molar-refractivity contribution in [2.24, 2.45) is 4.99 Å². The zero-order valence-electron chi connectivity index (χ0n) is 15.8. The molecule has 0 spiro atoms. The van der Waals surface area contributed by atoms with Gasteiger partial charge < -0.3 is 5.32 Å². The first-order valence-corrected chi connectivity index (χ1v) is 11.9. The van der Waals surface area contributed by atoms with Crippen molar-refractivity contribution in [3.8, 4) is 0 Å². The Kier molecular flexibility index (Phi) is 6.41. The average molecular weight is 418 g/mol. The van der Waals surface area contributed by atoms with E-state index in [-0.39, 0.29) is 16.6 Å². The first-order valence-electron chi connectivity index (χ1n) is 9.03. The quantitative estimate of drug-likeness (QED) is 0.725. The normalized spacial score (nSPS) is 17.0. The van der Waals surface area contributed by atoms with Crippen LogP contribution in [0.3, 0.4) is 0 Å². The molecule has 1 aliphatic rings. The lowest BCUT2D eigenvalue weighted by atomic mass is 10.1. The Balaban J connectivity index is 1.86. The number of rotatable bonds is 7. The lowest BCUT2D eigenvalue weighted by molar-refractivity contribution is -0.117. The molecule has 3 rings (SSSR count). The second-order valence-electron chi connectivity index (χ2n) is 6.42. The SMILES string of the molecule is CCc1ccc(NC(=O)[C@H](CCSC)N=C2NS(=O)(=O)c3ccccc32)cc1. The van der Waals surface area contributed by atoms with E-state index in [1.807, 2.05) is 30.5 Å². The van der Waals surface area contributed by atoms with E-state index in [2.05, 4.69) is 22.0 Å². The molecule has 148 valence electrons. The second kappa shape index (κ2) is 8.79. The standard InChI is InChI=1S/C20H23N3O3S2/c1-3-14-8-10-15(11-9-14)21-20(24)17(12-13-27-2)22-19-16-6-4-5-7-18(16)28(25,26)23-19/h4-11,17H,3,12-13H2,1-2H3,(H,21,24)(H,22,23)/t17-/m0/s1. The van der Waals surface area contributed by atoms with Gasteiger partial charge in [0.25, 0.3) is 10.0 Å². The molecule has 2 aromatic carbocycles. The van der Waals surface area contributed by atoms with Gasteiger partial charge in [0.1, 0.15) is 11.9 Å². The van der Waals surface area contributed by atoms with Crippen molar-refractivity contribution < 1.29 is 13.2 Å². The van der Waals surface area contributed by atoms with Crippen LogP contribution in [0, 0.1) is 0 Å². The minimum Gasteiger partial charge on any atom is -0.324 e. The Hall–Kier alpha value is -2.32. The van der Waals surface area contributed by atoms with Crippen LogP contribution in [0.15, 0.2) is 58.4 Å².